The number of nitrogens with one attached hydrogen (secondary N) is 2. The zero-order valence-electron chi connectivity index (χ0n) is 14.9. The van der Waals surface area contributed by atoms with Crippen LogP contribution in [0.15, 0.2) is 66.3 Å². The van der Waals surface area contributed by atoms with E-state index in [1.807, 2.05) is 18.2 Å². The maximum absolute atomic E-state index is 12.1. The molecule has 0 radical (unpaired) electrons. The number of amides is 1. The molecule has 140 valence electrons. The average molecular weight is 390 g/mol. The SMILES string of the molecule is O=C(CCNc1ncnc2scc(-c3ccccc3)c12)Nc1ccc(O)cc1. The van der Waals surface area contributed by atoms with Gasteiger partial charge in [-0.25, -0.2) is 9.97 Å². The van der Waals surface area contributed by atoms with Gasteiger partial charge in [0.1, 0.15) is 22.7 Å². The fourth-order valence-corrected chi connectivity index (χ4v) is 3.82. The Morgan fingerprint density at radius 2 is 1.82 bits per heavy atom. The average Bonchev–Trinajstić information content (AvgIpc) is 3.15. The molecular weight excluding hydrogens is 372 g/mol. The number of carbonyl (C=O) groups is 1. The Bertz CT molecular complexity index is 1090. The molecule has 1 amide bonds. The van der Waals surface area contributed by atoms with Gasteiger partial charge in [-0.3, -0.25) is 4.79 Å². The van der Waals surface area contributed by atoms with Gasteiger partial charge in [0.05, 0.1) is 5.39 Å². The Balaban J connectivity index is 1.45. The zero-order valence-corrected chi connectivity index (χ0v) is 15.7. The van der Waals surface area contributed by atoms with Crippen LogP contribution >= 0.6 is 11.3 Å². The van der Waals surface area contributed by atoms with E-state index in [0.717, 1.165) is 27.2 Å². The van der Waals surface area contributed by atoms with Crippen molar-refractivity contribution in [3.63, 3.8) is 0 Å². The van der Waals surface area contributed by atoms with Crippen LogP contribution in [-0.2, 0) is 4.79 Å². The Kier molecular flexibility index (Phi) is 5.16. The number of phenols is 1. The smallest absolute Gasteiger partial charge is 0.226 e. The molecule has 0 fully saturated rings. The van der Waals surface area contributed by atoms with Gasteiger partial charge in [-0.05, 0) is 29.8 Å². The molecule has 3 N–H and O–H groups in total. The van der Waals surface area contributed by atoms with E-state index >= 15 is 0 Å². The van der Waals surface area contributed by atoms with Crippen molar-refractivity contribution in [2.75, 3.05) is 17.2 Å². The van der Waals surface area contributed by atoms with Gasteiger partial charge in [0, 0.05) is 29.6 Å². The van der Waals surface area contributed by atoms with E-state index in [9.17, 15) is 9.90 Å². The molecule has 0 unspecified atom stereocenters. The van der Waals surface area contributed by atoms with Crippen LogP contribution < -0.4 is 10.6 Å². The minimum absolute atomic E-state index is 0.114. The molecular formula is C21H18N4O2S. The van der Waals surface area contributed by atoms with Crippen LogP contribution in [0.25, 0.3) is 21.3 Å². The first-order valence-electron chi connectivity index (χ1n) is 8.81. The molecule has 4 aromatic rings. The standard InChI is InChI=1S/C21H18N4O2S/c26-16-8-6-15(7-9-16)25-18(27)10-11-22-20-19-17(14-4-2-1-3-5-14)12-28-21(19)24-13-23-20/h1-9,12-13,26H,10-11H2,(H,25,27)(H,22,23,24). The summed E-state index contributed by atoms with van der Waals surface area (Å²) in [5.74, 6) is 0.775. The van der Waals surface area contributed by atoms with Crippen molar-refractivity contribution >= 4 is 39.0 Å². The molecule has 0 atom stereocenters. The predicted molar refractivity (Wildman–Crippen MR) is 113 cm³/mol. The highest BCUT2D eigenvalue weighted by Gasteiger charge is 2.13. The van der Waals surface area contributed by atoms with Gasteiger partial charge < -0.3 is 15.7 Å². The minimum atomic E-state index is -0.114. The molecule has 6 nitrogen and oxygen atoms in total. The number of thiophene rings is 1. The summed E-state index contributed by atoms with van der Waals surface area (Å²) in [6.07, 6.45) is 1.82. The second kappa shape index (κ2) is 8.06. The normalized spacial score (nSPS) is 10.7. The maximum Gasteiger partial charge on any atom is 0.226 e. The number of phenolic OH excluding ortho intramolecular Hbond substituents is 1. The zero-order chi connectivity index (χ0) is 19.3. The van der Waals surface area contributed by atoms with Crippen molar-refractivity contribution in [2.45, 2.75) is 6.42 Å². The van der Waals surface area contributed by atoms with Crippen LogP contribution in [0.1, 0.15) is 6.42 Å². The van der Waals surface area contributed by atoms with Crippen molar-refractivity contribution in [3.8, 4) is 16.9 Å². The van der Waals surface area contributed by atoms with Gasteiger partial charge in [0.15, 0.2) is 0 Å². The van der Waals surface area contributed by atoms with Crippen LogP contribution in [-0.4, -0.2) is 27.5 Å². The molecule has 2 aromatic carbocycles. The lowest BCUT2D eigenvalue weighted by molar-refractivity contribution is -0.115. The fourth-order valence-electron chi connectivity index (χ4n) is 2.90. The second-order valence-electron chi connectivity index (χ2n) is 6.19. The van der Waals surface area contributed by atoms with Crippen molar-refractivity contribution in [3.05, 3.63) is 66.3 Å². The summed E-state index contributed by atoms with van der Waals surface area (Å²) in [6.45, 7) is 0.445. The molecule has 0 bridgehead atoms. The summed E-state index contributed by atoms with van der Waals surface area (Å²) in [5, 5.41) is 18.4. The Morgan fingerprint density at radius 3 is 2.61 bits per heavy atom. The lowest BCUT2D eigenvalue weighted by Crippen LogP contribution is -2.16. The van der Waals surface area contributed by atoms with Gasteiger partial charge in [-0.2, -0.15) is 0 Å². The number of benzene rings is 2. The number of anilines is 2. The highest BCUT2D eigenvalue weighted by molar-refractivity contribution is 7.17. The molecule has 0 saturated heterocycles. The molecule has 0 aliphatic carbocycles. The first kappa shape index (κ1) is 17.9. The van der Waals surface area contributed by atoms with Crippen molar-refractivity contribution in [1.82, 2.24) is 9.97 Å². The maximum atomic E-state index is 12.1. The molecule has 2 aromatic heterocycles. The van der Waals surface area contributed by atoms with Crippen LogP contribution in [0, 0.1) is 0 Å². The van der Waals surface area contributed by atoms with E-state index in [2.05, 4.69) is 38.1 Å². The van der Waals surface area contributed by atoms with Gasteiger partial charge in [-0.15, -0.1) is 11.3 Å². The number of aromatic nitrogens is 2. The number of fused-ring (bicyclic) bond motifs is 1. The van der Waals surface area contributed by atoms with Crippen LogP contribution in [0.5, 0.6) is 5.75 Å². The summed E-state index contributed by atoms with van der Waals surface area (Å²) in [5.41, 5.74) is 2.84. The third kappa shape index (κ3) is 3.94. The van der Waals surface area contributed by atoms with Crippen molar-refractivity contribution < 1.29 is 9.90 Å². The van der Waals surface area contributed by atoms with E-state index in [1.165, 1.54) is 18.5 Å². The molecule has 7 heteroatoms. The number of hydrogen-bond donors (Lipinski definition) is 3. The number of hydrogen-bond acceptors (Lipinski definition) is 6. The van der Waals surface area contributed by atoms with Crippen LogP contribution in [0.4, 0.5) is 11.5 Å². The van der Waals surface area contributed by atoms with E-state index in [1.54, 1.807) is 23.5 Å². The molecule has 4 rings (SSSR count). The van der Waals surface area contributed by atoms with E-state index in [-0.39, 0.29) is 18.1 Å². The van der Waals surface area contributed by atoms with Gasteiger partial charge in [0.25, 0.3) is 0 Å². The first-order valence-corrected chi connectivity index (χ1v) is 9.69. The number of carbonyl (C=O) groups excluding carboxylic acids is 1. The van der Waals surface area contributed by atoms with Gasteiger partial charge in [0.2, 0.25) is 5.91 Å². The third-order valence-electron chi connectivity index (χ3n) is 4.25. The first-order chi connectivity index (χ1) is 13.7. The monoisotopic (exact) mass is 390 g/mol. The molecule has 0 saturated carbocycles. The second-order valence-corrected chi connectivity index (χ2v) is 7.05. The lowest BCUT2D eigenvalue weighted by Gasteiger charge is -2.09. The Hall–Kier alpha value is -3.45. The molecule has 28 heavy (non-hydrogen) atoms. The Labute approximate surface area is 165 Å². The summed E-state index contributed by atoms with van der Waals surface area (Å²) in [4.78, 5) is 21.8. The van der Waals surface area contributed by atoms with Gasteiger partial charge >= 0.3 is 0 Å². The summed E-state index contributed by atoms with van der Waals surface area (Å²) in [7, 11) is 0. The highest BCUT2D eigenvalue weighted by atomic mass is 32.1. The van der Waals surface area contributed by atoms with Crippen LogP contribution in [0.2, 0.25) is 0 Å². The number of nitrogens with zero attached hydrogens (tertiary/aromatic N) is 2. The number of rotatable bonds is 6. The summed E-state index contributed by atoms with van der Waals surface area (Å²) >= 11 is 1.57. The lowest BCUT2D eigenvalue weighted by atomic mass is 10.1. The molecule has 0 spiro atoms. The molecule has 0 aliphatic heterocycles. The predicted octanol–water partition coefficient (Wildman–Crippen LogP) is 4.50. The Morgan fingerprint density at radius 1 is 1.04 bits per heavy atom. The third-order valence-corrected chi connectivity index (χ3v) is 5.14. The topological polar surface area (TPSA) is 87.1 Å². The molecule has 0 aliphatic rings. The van der Waals surface area contributed by atoms with Crippen molar-refractivity contribution in [2.24, 2.45) is 0 Å². The largest absolute Gasteiger partial charge is 0.508 e. The number of aromatic hydroxyl groups is 1. The molecule has 2 heterocycles. The summed E-state index contributed by atoms with van der Waals surface area (Å²) in [6, 6.07) is 16.5. The van der Waals surface area contributed by atoms with Gasteiger partial charge in [-0.1, -0.05) is 30.3 Å². The van der Waals surface area contributed by atoms with Crippen molar-refractivity contribution in [1.29, 1.82) is 0 Å². The van der Waals surface area contributed by atoms with E-state index in [4.69, 9.17) is 0 Å². The van der Waals surface area contributed by atoms with E-state index < -0.39 is 0 Å². The van der Waals surface area contributed by atoms with E-state index in [0.29, 0.717) is 12.2 Å². The minimum Gasteiger partial charge on any atom is -0.508 e. The summed E-state index contributed by atoms with van der Waals surface area (Å²) < 4.78 is 0. The fraction of sp³-hybridized carbons (Fsp3) is 0.0952. The quantitative estimate of drug-likeness (QED) is 0.422. The highest BCUT2D eigenvalue weighted by Crippen LogP contribution is 2.36. The van der Waals surface area contributed by atoms with Crippen LogP contribution in [0.3, 0.4) is 0 Å².